The first-order valence-corrected chi connectivity index (χ1v) is 7.08. The van der Waals surface area contributed by atoms with E-state index in [0.717, 1.165) is 37.5 Å². The van der Waals surface area contributed by atoms with Crippen LogP contribution < -0.4 is 0 Å². The average Bonchev–Trinajstić information content (AvgIpc) is 2.40. The van der Waals surface area contributed by atoms with Crippen molar-refractivity contribution >= 4 is 0 Å². The van der Waals surface area contributed by atoms with E-state index >= 15 is 0 Å². The van der Waals surface area contributed by atoms with Crippen LogP contribution in [0.1, 0.15) is 57.8 Å². The lowest BCUT2D eigenvalue weighted by Crippen LogP contribution is -2.21. The van der Waals surface area contributed by atoms with Gasteiger partial charge in [0.1, 0.15) is 0 Å². The molecule has 0 atom stereocenters. The summed E-state index contributed by atoms with van der Waals surface area (Å²) in [5.41, 5.74) is 0. The van der Waals surface area contributed by atoms with Gasteiger partial charge in [0, 0.05) is 18.8 Å². The van der Waals surface area contributed by atoms with Crippen LogP contribution in [0, 0.1) is 35.7 Å². The molecule has 0 aromatic carbocycles. The predicted molar refractivity (Wildman–Crippen MR) is 68.0 cm³/mol. The Kier molecular flexibility index (Phi) is 4.43. The number of nitriles is 1. The number of hydrogen-bond donors (Lipinski definition) is 0. The summed E-state index contributed by atoms with van der Waals surface area (Å²) in [6.45, 7) is 7.05. The Hall–Kier alpha value is -1.02. The molecule has 0 saturated heterocycles. The summed E-state index contributed by atoms with van der Waals surface area (Å²) in [6, 6.07) is 2.73. The molecule has 0 N–H and O–H groups in total. The summed E-state index contributed by atoms with van der Waals surface area (Å²) < 4.78 is 0. The van der Waals surface area contributed by atoms with Crippen molar-refractivity contribution in [1.82, 2.24) is 0 Å². The van der Waals surface area contributed by atoms with E-state index in [0.29, 0.717) is 12.0 Å². The van der Waals surface area contributed by atoms with Crippen molar-refractivity contribution in [2.24, 2.45) is 17.8 Å². The van der Waals surface area contributed by atoms with Crippen LogP contribution in [-0.4, -0.2) is 6.04 Å². The molecule has 0 aromatic rings. The largest absolute Gasteiger partial charge is 0.314 e. The van der Waals surface area contributed by atoms with Crippen LogP contribution in [-0.2, 0) is 0 Å². The van der Waals surface area contributed by atoms with Gasteiger partial charge in [0.2, 0.25) is 6.04 Å². The molecule has 0 aliphatic heterocycles. The van der Waals surface area contributed by atoms with Crippen molar-refractivity contribution in [1.29, 1.82) is 5.26 Å². The van der Waals surface area contributed by atoms with E-state index in [9.17, 15) is 0 Å². The fraction of sp³-hybridized carbons (Fsp3) is 0.867. The lowest BCUT2D eigenvalue weighted by molar-refractivity contribution is 0.226. The average molecular weight is 230 g/mol. The first kappa shape index (κ1) is 12.4. The summed E-state index contributed by atoms with van der Waals surface area (Å²) in [5, 5.41) is 8.88. The fourth-order valence-corrected chi connectivity index (χ4v) is 3.51. The topological polar surface area (TPSA) is 28.1 Å². The molecule has 2 aliphatic rings. The number of rotatable bonds is 2. The van der Waals surface area contributed by atoms with Gasteiger partial charge in [-0.1, -0.05) is 0 Å². The Balaban J connectivity index is 1.69. The second kappa shape index (κ2) is 6.06. The zero-order valence-electron chi connectivity index (χ0n) is 10.6. The quantitative estimate of drug-likeness (QED) is 0.654. The fourth-order valence-electron chi connectivity index (χ4n) is 3.51. The van der Waals surface area contributed by atoms with Crippen molar-refractivity contribution < 1.29 is 0 Å². The second-order valence-corrected chi connectivity index (χ2v) is 5.89. The minimum atomic E-state index is 0.320. The van der Waals surface area contributed by atoms with Gasteiger partial charge in [-0.25, -0.2) is 6.57 Å². The van der Waals surface area contributed by atoms with Crippen LogP contribution >= 0.6 is 0 Å². The molecule has 0 heterocycles. The van der Waals surface area contributed by atoms with Crippen molar-refractivity contribution in [2.45, 2.75) is 63.8 Å². The second-order valence-electron chi connectivity index (χ2n) is 5.89. The molecule has 2 aliphatic carbocycles. The molecule has 2 fully saturated rings. The third-order valence-electron chi connectivity index (χ3n) is 4.69. The molecular weight excluding hydrogens is 208 g/mol. The standard InChI is InChI=1S/C15H22N2/c1-17-15-8-6-13(7-9-15)10-12-2-4-14(11-16)5-3-12/h12-15H,2-10H2. The third-order valence-corrected chi connectivity index (χ3v) is 4.69. The van der Waals surface area contributed by atoms with Gasteiger partial charge >= 0.3 is 0 Å². The van der Waals surface area contributed by atoms with Gasteiger partial charge in [0.25, 0.3) is 0 Å². The van der Waals surface area contributed by atoms with Crippen LogP contribution in [0.3, 0.4) is 0 Å². The molecule has 0 radical (unpaired) electrons. The van der Waals surface area contributed by atoms with Gasteiger partial charge in [-0.2, -0.15) is 5.26 Å². The molecule has 92 valence electrons. The maximum Gasteiger partial charge on any atom is 0.223 e. The van der Waals surface area contributed by atoms with Crippen molar-refractivity contribution in [3.8, 4) is 6.07 Å². The first-order valence-electron chi connectivity index (χ1n) is 7.08. The Morgan fingerprint density at radius 1 is 0.941 bits per heavy atom. The predicted octanol–water partition coefficient (Wildman–Crippen LogP) is 4.18. The van der Waals surface area contributed by atoms with Crippen LogP contribution in [0.15, 0.2) is 0 Å². The molecule has 0 aromatic heterocycles. The summed E-state index contributed by atoms with van der Waals surface area (Å²) in [6.07, 6.45) is 10.9. The minimum absolute atomic E-state index is 0.320. The normalized spacial score (nSPS) is 38.0. The smallest absolute Gasteiger partial charge is 0.223 e. The highest BCUT2D eigenvalue weighted by Gasteiger charge is 2.28. The molecule has 2 nitrogen and oxygen atoms in total. The molecule has 2 rings (SSSR count). The monoisotopic (exact) mass is 230 g/mol. The van der Waals surface area contributed by atoms with Crippen LogP contribution in [0.25, 0.3) is 4.85 Å². The lowest BCUT2D eigenvalue weighted by Gasteiger charge is -2.30. The third kappa shape index (κ3) is 3.47. The molecule has 0 bridgehead atoms. The zero-order chi connectivity index (χ0) is 12.1. The highest BCUT2D eigenvalue weighted by Crippen LogP contribution is 2.37. The highest BCUT2D eigenvalue weighted by atomic mass is 14.7. The van der Waals surface area contributed by atoms with E-state index in [4.69, 9.17) is 11.8 Å². The zero-order valence-corrected chi connectivity index (χ0v) is 10.6. The Morgan fingerprint density at radius 2 is 1.47 bits per heavy atom. The molecule has 2 saturated carbocycles. The Morgan fingerprint density at radius 3 is 1.94 bits per heavy atom. The van der Waals surface area contributed by atoms with Gasteiger partial charge in [-0.05, 0) is 56.8 Å². The van der Waals surface area contributed by atoms with Crippen molar-refractivity contribution in [3.05, 3.63) is 11.4 Å². The molecule has 0 unspecified atom stereocenters. The van der Waals surface area contributed by atoms with E-state index < -0.39 is 0 Å². The number of nitrogens with zero attached hydrogens (tertiary/aromatic N) is 2. The summed E-state index contributed by atoms with van der Waals surface area (Å²) >= 11 is 0. The maximum absolute atomic E-state index is 8.88. The van der Waals surface area contributed by atoms with E-state index in [-0.39, 0.29) is 0 Å². The van der Waals surface area contributed by atoms with Crippen LogP contribution in [0.5, 0.6) is 0 Å². The van der Waals surface area contributed by atoms with Crippen LogP contribution in [0.4, 0.5) is 0 Å². The molecule has 0 spiro atoms. The molecular formula is C15H22N2. The van der Waals surface area contributed by atoms with E-state index in [1.54, 1.807) is 0 Å². The van der Waals surface area contributed by atoms with Gasteiger partial charge in [-0.15, -0.1) is 0 Å². The summed E-state index contributed by atoms with van der Waals surface area (Å²) in [5.74, 6) is 2.08. The van der Waals surface area contributed by atoms with Gasteiger partial charge in [-0.3, -0.25) is 0 Å². The molecule has 2 heteroatoms. The van der Waals surface area contributed by atoms with E-state index in [2.05, 4.69) is 10.9 Å². The van der Waals surface area contributed by atoms with Gasteiger partial charge in [0.05, 0.1) is 6.07 Å². The van der Waals surface area contributed by atoms with E-state index in [1.807, 2.05) is 0 Å². The first-order chi connectivity index (χ1) is 8.31. The van der Waals surface area contributed by atoms with Crippen molar-refractivity contribution in [2.75, 3.05) is 0 Å². The van der Waals surface area contributed by atoms with Gasteiger partial charge in [0.15, 0.2) is 0 Å². The van der Waals surface area contributed by atoms with Crippen LogP contribution in [0.2, 0.25) is 0 Å². The Bertz CT molecular complexity index is 275. The highest BCUT2D eigenvalue weighted by molar-refractivity contribution is 4.89. The SMILES string of the molecule is [C-]#[N+]C1CCC(CC2CCC(C#N)CC2)CC1. The van der Waals surface area contributed by atoms with E-state index in [1.165, 1.54) is 32.1 Å². The number of hydrogen-bond acceptors (Lipinski definition) is 1. The minimum Gasteiger partial charge on any atom is -0.314 e. The Labute approximate surface area is 105 Å². The summed E-state index contributed by atoms with van der Waals surface area (Å²) in [4.78, 5) is 3.66. The molecule has 17 heavy (non-hydrogen) atoms. The van der Waals surface area contributed by atoms with Crippen molar-refractivity contribution in [3.63, 3.8) is 0 Å². The lowest BCUT2D eigenvalue weighted by atomic mass is 9.74. The van der Waals surface area contributed by atoms with Gasteiger partial charge < -0.3 is 4.85 Å². The summed E-state index contributed by atoms with van der Waals surface area (Å²) in [7, 11) is 0. The maximum atomic E-state index is 8.88. The molecule has 0 amide bonds.